The number of piperazine rings is 1. The Morgan fingerprint density at radius 3 is 3.00 bits per heavy atom. The molecule has 120 valence electrons. The summed E-state index contributed by atoms with van der Waals surface area (Å²) in [4.78, 5) is 17.1. The molecule has 1 aliphatic heterocycles. The molecule has 2 heterocycles. The lowest BCUT2D eigenvalue weighted by molar-refractivity contribution is -0.384. The minimum atomic E-state index is -0.347. The number of nitrogens with zero attached hydrogens (tertiary/aromatic N) is 3. The molecule has 1 aromatic carbocycles. The molecule has 1 saturated heterocycles. The van der Waals surface area contributed by atoms with E-state index in [0.717, 1.165) is 37.3 Å². The summed E-state index contributed by atoms with van der Waals surface area (Å²) in [5.74, 6) is 0. The normalized spacial score (nSPS) is 18.7. The van der Waals surface area contributed by atoms with Crippen molar-refractivity contribution in [1.29, 1.82) is 0 Å². The van der Waals surface area contributed by atoms with E-state index in [2.05, 4.69) is 21.3 Å². The van der Waals surface area contributed by atoms with Crippen LogP contribution in [0.25, 0.3) is 0 Å². The van der Waals surface area contributed by atoms with Crippen LogP contribution < -0.4 is 5.32 Å². The monoisotopic (exact) mass is 312 g/mol. The van der Waals surface area contributed by atoms with Gasteiger partial charge in [-0.1, -0.05) is 12.1 Å². The van der Waals surface area contributed by atoms with Crippen LogP contribution in [-0.2, 0) is 6.54 Å². The Balaban J connectivity index is 1.81. The zero-order chi connectivity index (χ0) is 16.2. The quantitative estimate of drug-likeness (QED) is 0.693. The van der Waals surface area contributed by atoms with E-state index in [0.29, 0.717) is 0 Å². The Morgan fingerprint density at radius 2 is 2.30 bits per heavy atom. The second kappa shape index (κ2) is 6.85. The van der Waals surface area contributed by atoms with Gasteiger partial charge in [0.1, 0.15) is 0 Å². The number of nitrogens with one attached hydrogen (secondary N) is 1. The smallest absolute Gasteiger partial charge is 0.269 e. The molecule has 2 aromatic rings. The molecule has 1 aromatic heterocycles. The molecule has 0 amide bonds. The molecule has 0 aliphatic carbocycles. The van der Waals surface area contributed by atoms with Crippen molar-refractivity contribution < 1.29 is 4.92 Å². The van der Waals surface area contributed by atoms with Crippen LogP contribution in [-0.4, -0.2) is 34.4 Å². The fraction of sp³-hybridized carbons (Fsp3) is 0.353. The van der Waals surface area contributed by atoms with E-state index in [4.69, 9.17) is 0 Å². The third-order valence-electron chi connectivity index (χ3n) is 4.33. The minimum Gasteiger partial charge on any atom is -0.314 e. The van der Waals surface area contributed by atoms with Crippen LogP contribution in [0.2, 0.25) is 0 Å². The van der Waals surface area contributed by atoms with Crippen LogP contribution in [0.1, 0.15) is 22.7 Å². The molecule has 1 unspecified atom stereocenters. The van der Waals surface area contributed by atoms with Crippen LogP contribution in [0, 0.1) is 17.0 Å². The second-order valence-electron chi connectivity index (χ2n) is 5.84. The van der Waals surface area contributed by atoms with Crippen LogP contribution in [0.15, 0.2) is 42.7 Å². The van der Waals surface area contributed by atoms with E-state index in [1.165, 1.54) is 5.56 Å². The molecule has 6 heteroatoms. The van der Waals surface area contributed by atoms with Gasteiger partial charge in [-0.2, -0.15) is 0 Å². The van der Waals surface area contributed by atoms with Crippen molar-refractivity contribution in [2.45, 2.75) is 19.5 Å². The maximum Gasteiger partial charge on any atom is 0.269 e. The molecule has 0 radical (unpaired) electrons. The highest BCUT2D eigenvalue weighted by Crippen LogP contribution is 2.25. The van der Waals surface area contributed by atoms with Crippen LogP contribution in [0.5, 0.6) is 0 Å². The number of pyridine rings is 1. The summed E-state index contributed by atoms with van der Waals surface area (Å²) >= 11 is 0. The lowest BCUT2D eigenvalue weighted by Gasteiger charge is -2.36. The molecule has 1 atom stereocenters. The fourth-order valence-corrected chi connectivity index (χ4v) is 3.03. The molecule has 23 heavy (non-hydrogen) atoms. The summed E-state index contributed by atoms with van der Waals surface area (Å²) in [5, 5.41) is 14.3. The molecule has 0 saturated carbocycles. The number of aryl methyl sites for hydroxylation is 1. The second-order valence-corrected chi connectivity index (χ2v) is 5.84. The Labute approximate surface area is 135 Å². The number of nitro groups is 1. The standard InChI is InChI=1S/C17H20N4O2/c1-13-9-16(21(22)23)5-4-15(13)12-20-8-7-19-11-17(20)14-3-2-6-18-10-14/h2-6,9-10,17,19H,7-8,11-12H2,1H3. The summed E-state index contributed by atoms with van der Waals surface area (Å²) in [6, 6.07) is 9.43. The van der Waals surface area contributed by atoms with Crippen molar-refractivity contribution in [2.75, 3.05) is 19.6 Å². The SMILES string of the molecule is Cc1cc([N+](=O)[O-])ccc1CN1CCNCC1c1cccnc1. The first-order valence-corrected chi connectivity index (χ1v) is 7.74. The van der Waals surface area contributed by atoms with Gasteiger partial charge in [0.05, 0.1) is 4.92 Å². The van der Waals surface area contributed by atoms with E-state index in [1.807, 2.05) is 25.3 Å². The number of non-ortho nitro benzene ring substituents is 1. The number of rotatable bonds is 4. The van der Waals surface area contributed by atoms with Crippen molar-refractivity contribution in [1.82, 2.24) is 15.2 Å². The van der Waals surface area contributed by atoms with Crippen LogP contribution in [0.4, 0.5) is 5.69 Å². The molecule has 6 nitrogen and oxygen atoms in total. The average Bonchev–Trinajstić information content (AvgIpc) is 2.58. The van der Waals surface area contributed by atoms with Gasteiger partial charge in [-0.25, -0.2) is 0 Å². The largest absolute Gasteiger partial charge is 0.314 e. The first kappa shape index (κ1) is 15.6. The Morgan fingerprint density at radius 1 is 1.43 bits per heavy atom. The predicted molar refractivity (Wildman–Crippen MR) is 88.1 cm³/mol. The van der Waals surface area contributed by atoms with E-state index in [-0.39, 0.29) is 16.7 Å². The topological polar surface area (TPSA) is 71.3 Å². The van der Waals surface area contributed by atoms with Crippen molar-refractivity contribution in [3.8, 4) is 0 Å². The van der Waals surface area contributed by atoms with Gasteiger partial charge in [0, 0.05) is 56.7 Å². The van der Waals surface area contributed by atoms with Crippen molar-refractivity contribution in [3.05, 3.63) is 69.5 Å². The third kappa shape index (κ3) is 3.55. The number of aromatic nitrogens is 1. The van der Waals surface area contributed by atoms with Crippen molar-refractivity contribution in [3.63, 3.8) is 0 Å². The minimum absolute atomic E-state index is 0.148. The van der Waals surface area contributed by atoms with Gasteiger partial charge in [-0.05, 0) is 29.7 Å². The first-order chi connectivity index (χ1) is 11.1. The van der Waals surface area contributed by atoms with E-state index >= 15 is 0 Å². The lowest BCUT2D eigenvalue weighted by atomic mass is 10.0. The van der Waals surface area contributed by atoms with Gasteiger partial charge >= 0.3 is 0 Å². The summed E-state index contributed by atoms with van der Waals surface area (Å²) in [5.41, 5.74) is 3.43. The third-order valence-corrected chi connectivity index (χ3v) is 4.33. The van der Waals surface area contributed by atoms with Gasteiger partial charge in [0.25, 0.3) is 5.69 Å². The summed E-state index contributed by atoms with van der Waals surface area (Å²) in [6.45, 7) is 5.49. The Hall–Kier alpha value is -2.31. The lowest BCUT2D eigenvalue weighted by Crippen LogP contribution is -2.45. The number of hydrogen-bond donors (Lipinski definition) is 1. The molecular weight excluding hydrogens is 292 g/mol. The van der Waals surface area contributed by atoms with Gasteiger partial charge in [-0.15, -0.1) is 0 Å². The van der Waals surface area contributed by atoms with E-state index in [9.17, 15) is 10.1 Å². The van der Waals surface area contributed by atoms with Crippen molar-refractivity contribution in [2.24, 2.45) is 0 Å². The fourth-order valence-electron chi connectivity index (χ4n) is 3.03. The van der Waals surface area contributed by atoms with E-state index in [1.54, 1.807) is 18.3 Å². The highest BCUT2D eigenvalue weighted by atomic mass is 16.6. The predicted octanol–water partition coefficient (Wildman–Crippen LogP) is 2.44. The van der Waals surface area contributed by atoms with Gasteiger partial charge in [0.2, 0.25) is 0 Å². The highest BCUT2D eigenvalue weighted by molar-refractivity contribution is 5.39. The zero-order valence-corrected chi connectivity index (χ0v) is 13.1. The molecule has 1 aliphatic rings. The maximum atomic E-state index is 10.9. The van der Waals surface area contributed by atoms with Crippen LogP contribution >= 0.6 is 0 Å². The molecule has 1 fully saturated rings. The Kier molecular flexibility index (Phi) is 4.64. The highest BCUT2D eigenvalue weighted by Gasteiger charge is 2.24. The molecular formula is C17H20N4O2. The summed E-state index contributed by atoms with van der Waals surface area (Å²) in [6.07, 6.45) is 3.69. The van der Waals surface area contributed by atoms with Gasteiger partial charge in [-0.3, -0.25) is 20.0 Å². The first-order valence-electron chi connectivity index (χ1n) is 7.74. The van der Waals surface area contributed by atoms with E-state index < -0.39 is 0 Å². The average molecular weight is 312 g/mol. The van der Waals surface area contributed by atoms with Gasteiger partial charge in [0.15, 0.2) is 0 Å². The molecule has 1 N–H and O–H groups in total. The summed E-state index contributed by atoms with van der Waals surface area (Å²) < 4.78 is 0. The summed E-state index contributed by atoms with van der Waals surface area (Å²) in [7, 11) is 0. The van der Waals surface area contributed by atoms with Gasteiger partial charge < -0.3 is 5.32 Å². The number of hydrogen-bond acceptors (Lipinski definition) is 5. The number of benzene rings is 1. The molecule has 0 spiro atoms. The number of nitro benzene ring substituents is 1. The maximum absolute atomic E-state index is 10.9. The Bertz CT molecular complexity index is 690. The zero-order valence-electron chi connectivity index (χ0n) is 13.1. The van der Waals surface area contributed by atoms with Crippen LogP contribution in [0.3, 0.4) is 0 Å². The van der Waals surface area contributed by atoms with Crippen molar-refractivity contribution >= 4 is 5.69 Å². The molecule has 3 rings (SSSR count). The molecule has 0 bridgehead atoms.